The number of hydrogen-bond acceptors (Lipinski definition) is 6. The highest BCUT2D eigenvalue weighted by atomic mass is 32.2. The van der Waals surface area contributed by atoms with Gasteiger partial charge < -0.3 is 10.2 Å². The first-order valence-electron chi connectivity index (χ1n) is 10.6. The molecular formula is C22H28N2O8S2. The first-order chi connectivity index (χ1) is 16.0. The van der Waals surface area contributed by atoms with Crippen molar-refractivity contribution in [2.24, 2.45) is 0 Å². The molecule has 0 radical (unpaired) electrons. The molecule has 0 amide bonds. The van der Waals surface area contributed by atoms with Crippen molar-refractivity contribution < 1.29 is 36.6 Å². The van der Waals surface area contributed by atoms with E-state index in [1.165, 1.54) is 24.3 Å². The Kier molecular flexibility index (Phi) is 10.2. The number of unbranched alkanes of at least 4 members (excludes halogenated alkanes) is 1. The molecule has 12 heteroatoms. The van der Waals surface area contributed by atoms with Crippen molar-refractivity contribution in [3.05, 3.63) is 60.7 Å². The van der Waals surface area contributed by atoms with Gasteiger partial charge in [-0.1, -0.05) is 36.4 Å². The van der Waals surface area contributed by atoms with Crippen molar-refractivity contribution in [3.63, 3.8) is 0 Å². The quantitative estimate of drug-likeness (QED) is 0.345. The molecule has 0 aliphatic carbocycles. The molecule has 0 unspecified atom stereocenters. The molecule has 0 saturated heterocycles. The smallest absolute Gasteiger partial charge is 0.304 e. The molecule has 0 atom stereocenters. The highest BCUT2D eigenvalue weighted by molar-refractivity contribution is 7.89. The van der Waals surface area contributed by atoms with Gasteiger partial charge in [-0.15, -0.1) is 0 Å². The van der Waals surface area contributed by atoms with Crippen molar-refractivity contribution in [1.29, 1.82) is 0 Å². The lowest BCUT2D eigenvalue weighted by Crippen LogP contribution is -2.36. The molecule has 2 N–H and O–H groups in total. The zero-order valence-electron chi connectivity index (χ0n) is 18.5. The van der Waals surface area contributed by atoms with Crippen LogP contribution in [0.5, 0.6) is 0 Å². The fourth-order valence-corrected chi connectivity index (χ4v) is 6.21. The predicted molar refractivity (Wildman–Crippen MR) is 124 cm³/mol. The molecule has 186 valence electrons. The second-order valence-electron chi connectivity index (χ2n) is 7.43. The fraction of sp³-hybridized carbons (Fsp3) is 0.364. The van der Waals surface area contributed by atoms with Gasteiger partial charge in [0, 0.05) is 26.2 Å². The zero-order valence-corrected chi connectivity index (χ0v) is 20.1. The Balaban J connectivity index is 2.10. The predicted octanol–water partition coefficient (Wildman–Crippen LogP) is 2.10. The summed E-state index contributed by atoms with van der Waals surface area (Å²) in [5, 5.41) is 18.0. The third-order valence-electron chi connectivity index (χ3n) is 4.98. The van der Waals surface area contributed by atoms with Crippen LogP contribution in [-0.2, 0) is 29.6 Å². The minimum atomic E-state index is -3.93. The number of benzene rings is 2. The molecule has 0 heterocycles. The first kappa shape index (κ1) is 27.4. The molecule has 0 spiro atoms. The van der Waals surface area contributed by atoms with Gasteiger partial charge in [-0.25, -0.2) is 16.8 Å². The third-order valence-corrected chi connectivity index (χ3v) is 8.80. The number of carbonyl (C=O) groups is 2. The van der Waals surface area contributed by atoms with Crippen molar-refractivity contribution in [2.45, 2.75) is 35.5 Å². The Morgan fingerprint density at radius 2 is 0.912 bits per heavy atom. The number of sulfonamides is 2. The van der Waals surface area contributed by atoms with Crippen molar-refractivity contribution in [1.82, 2.24) is 8.61 Å². The van der Waals surface area contributed by atoms with Gasteiger partial charge in [-0.05, 0) is 37.1 Å². The third kappa shape index (κ3) is 7.90. The SMILES string of the molecule is O=C(O)CCN(CCCCN(CCC(=O)O)S(=O)(=O)c1ccccc1)S(=O)(=O)c1ccccc1. The van der Waals surface area contributed by atoms with E-state index >= 15 is 0 Å². The Morgan fingerprint density at radius 3 is 1.21 bits per heavy atom. The number of carboxylic acids is 2. The van der Waals surface area contributed by atoms with E-state index in [1.807, 2.05) is 0 Å². The molecule has 0 fully saturated rings. The summed E-state index contributed by atoms with van der Waals surface area (Å²) < 4.78 is 54.0. The van der Waals surface area contributed by atoms with E-state index in [0.29, 0.717) is 0 Å². The molecule has 34 heavy (non-hydrogen) atoms. The summed E-state index contributed by atoms with van der Waals surface area (Å²) in [5.41, 5.74) is 0. The Morgan fingerprint density at radius 1 is 0.588 bits per heavy atom. The number of rotatable bonds is 15. The van der Waals surface area contributed by atoms with Crippen LogP contribution in [0.1, 0.15) is 25.7 Å². The zero-order chi connectivity index (χ0) is 25.2. The minimum absolute atomic E-state index is 0.0112. The van der Waals surface area contributed by atoms with Crippen LogP contribution >= 0.6 is 0 Å². The molecule has 0 aliphatic rings. The second kappa shape index (κ2) is 12.6. The van der Waals surface area contributed by atoms with E-state index < -0.39 is 32.0 Å². The molecule has 0 bridgehead atoms. The summed E-state index contributed by atoms with van der Waals surface area (Å²) in [5.74, 6) is -2.27. The van der Waals surface area contributed by atoms with E-state index in [1.54, 1.807) is 36.4 Å². The molecule has 2 rings (SSSR count). The van der Waals surface area contributed by atoms with Gasteiger partial charge in [0.2, 0.25) is 20.0 Å². The summed E-state index contributed by atoms with van der Waals surface area (Å²) in [6.45, 7) is -0.472. The summed E-state index contributed by atoms with van der Waals surface area (Å²) in [7, 11) is -7.86. The molecule has 2 aromatic carbocycles. The summed E-state index contributed by atoms with van der Waals surface area (Å²) in [6, 6.07) is 15.3. The molecule has 0 aromatic heterocycles. The van der Waals surface area contributed by atoms with Crippen LogP contribution < -0.4 is 0 Å². The van der Waals surface area contributed by atoms with Crippen LogP contribution in [0, 0.1) is 0 Å². The molecule has 0 aliphatic heterocycles. The van der Waals surface area contributed by atoms with Crippen molar-refractivity contribution >= 4 is 32.0 Å². The lowest BCUT2D eigenvalue weighted by atomic mass is 10.3. The average molecular weight is 513 g/mol. The van der Waals surface area contributed by atoms with Gasteiger partial charge in [-0.2, -0.15) is 8.61 Å². The van der Waals surface area contributed by atoms with Gasteiger partial charge in [0.05, 0.1) is 22.6 Å². The average Bonchev–Trinajstić information content (AvgIpc) is 2.80. The molecule has 0 saturated carbocycles. The highest BCUT2D eigenvalue weighted by Crippen LogP contribution is 2.19. The number of nitrogens with zero attached hydrogens (tertiary/aromatic N) is 2. The van der Waals surface area contributed by atoms with Gasteiger partial charge in [0.15, 0.2) is 0 Å². The largest absolute Gasteiger partial charge is 0.481 e. The lowest BCUT2D eigenvalue weighted by molar-refractivity contribution is -0.138. The molecule has 2 aromatic rings. The summed E-state index contributed by atoms with van der Waals surface area (Å²) in [4.78, 5) is 22.1. The van der Waals surface area contributed by atoms with Gasteiger partial charge >= 0.3 is 11.9 Å². The fourth-order valence-electron chi connectivity index (χ4n) is 3.20. The first-order valence-corrected chi connectivity index (χ1v) is 13.5. The topological polar surface area (TPSA) is 149 Å². The van der Waals surface area contributed by atoms with Gasteiger partial charge in [0.25, 0.3) is 0 Å². The summed E-state index contributed by atoms with van der Waals surface area (Å²) in [6.07, 6.45) is -0.252. The van der Waals surface area contributed by atoms with Crippen LogP contribution in [0.4, 0.5) is 0 Å². The van der Waals surface area contributed by atoms with E-state index in [9.17, 15) is 26.4 Å². The van der Waals surface area contributed by atoms with E-state index in [-0.39, 0.29) is 61.7 Å². The Hall–Kier alpha value is -2.80. The monoisotopic (exact) mass is 512 g/mol. The van der Waals surface area contributed by atoms with Crippen LogP contribution in [0.15, 0.2) is 70.5 Å². The maximum Gasteiger partial charge on any atom is 0.304 e. The van der Waals surface area contributed by atoms with E-state index in [0.717, 1.165) is 8.61 Å². The normalized spacial score (nSPS) is 12.2. The van der Waals surface area contributed by atoms with E-state index in [4.69, 9.17) is 10.2 Å². The highest BCUT2D eigenvalue weighted by Gasteiger charge is 2.26. The maximum atomic E-state index is 13.0. The second-order valence-corrected chi connectivity index (χ2v) is 11.3. The van der Waals surface area contributed by atoms with Crippen LogP contribution in [0.3, 0.4) is 0 Å². The molecule has 10 nitrogen and oxygen atoms in total. The van der Waals surface area contributed by atoms with Crippen LogP contribution in [0.25, 0.3) is 0 Å². The number of aliphatic carboxylic acids is 2. The lowest BCUT2D eigenvalue weighted by Gasteiger charge is -2.24. The Bertz CT molecular complexity index is 1060. The standard InChI is InChI=1S/C22H28N2O8S2/c25-21(26)13-17-23(33(29,30)19-9-3-1-4-10-19)15-7-8-16-24(18-14-22(27)28)34(31,32)20-11-5-2-6-12-20/h1-6,9-12H,7-8,13-18H2,(H,25,26)(H,27,28). The van der Waals surface area contributed by atoms with Crippen molar-refractivity contribution in [2.75, 3.05) is 26.2 Å². The molecular weight excluding hydrogens is 484 g/mol. The Labute approximate surface area is 199 Å². The number of hydrogen-bond donors (Lipinski definition) is 2. The summed E-state index contributed by atoms with van der Waals surface area (Å²) >= 11 is 0. The van der Waals surface area contributed by atoms with Gasteiger partial charge in [-0.3, -0.25) is 9.59 Å². The van der Waals surface area contributed by atoms with Crippen LogP contribution in [-0.4, -0.2) is 73.8 Å². The van der Waals surface area contributed by atoms with Crippen LogP contribution in [0.2, 0.25) is 0 Å². The van der Waals surface area contributed by atoms with Crippen molar-refractivity contribution in [3.8, 4) is 0 Å². The van der Waals surface area contributed by atoms with Gasteiger partial charge in [0.1, 0.15) is 0 Å². The minimum Gasteiger partial charge on any atom is -0.481 e. The number of carboxylic acid groups (broad SMARTS) is 2. The maximum absolute atomic E-state index is 13.0. The van der Waals surface area contributed by atoms with E-state index in [2.05, 4.69) is 0 Å².